The van der Waals surface area contributed by atoms with E-state index in [2.05, 4.69) is 10.3 Å². The molecule has 0 saturated heterocycles. The Morgan fingerprint density at radius 1 is 1.23 bits per heavy atom. The van der Waals surface area contributed by atoms with Gasteiger partial charge < -0.3 is 29.2 Å². The van der Waals surface area contributed by atoms with E-state index in [0.717, 1.165) is 0 Å². The first-order chi connectivity index (χ1) is 14.1. The average molecular weight is 438 g/mol. The predicted octanol–water partition coefficient (Wildman–Crippen LogP) is 3.41. The molecule has 0 unspecified atom stereocenters. The van der Waals surface area contributed by atoms with E-state index in [-0.39, 0.29) is 5.69 Å². The number of benzene rings is 1. The van der Waals surface area contributed by atoms with Crippen LogP contribution in [0, 0.1) is 0 Å². The molecule has 1 heterocycles. The van der Waals surface area contributed by atoms with Gasteiger partial charge in [0.1, 0.15) is 28.5 Å². The predicted molar refractivity (Wildman–Crippen MR) is 113 cm³/mol. The number of methoxy groups -OCH3 is 2. The van der Waals surface area contributed by atoms with Crippen LogP contribution in [-0.4, -0.2) is 48.1 Å². The molecule has 0 aliphatic carbocycles. The fourth-order valence-electron chi connectivity index (χ4n) is 2.53. The highest BCUT2D eigenvalue weighted by molar-refractivity contribution is 7.07. The van der Waals surface area contributed by atoms with Gasteiger partial charge in [0.15, 0.2) is 4.80 Å². The van der Waals surface area contributed by atoms with E-state index in [4.69, 9.17) is 14.2 Å². The summed E-state index contributed by atoms with van der Waals surface area (Å²) in [6.07, 6.45) is -0.00687. The highest BCUT2D eigenvalue weighted by atomic mass is 32.1. The maximum absolute atomic E-state index is 11.8. The van der Waals surface area contributed by atoms with Crippen LogP contribution in [0.25, 0.3) is 0 Å². The molecule has 0 aliphatic rings. The summed E-state index contributed by atoms with van der Waals surface area (Å²) in [6, 6.07) is 5.20. The highest BCUT2D eigenvalue weighted by Gasteiger charge is 2.16. The topological polar surface area (TPSA) is 111 Å². The number of rotatable bonds is 8. The van der Waals surface area contributed by atoms with Crippen molar-refractivity contribution in [1.82, 2.24) is 9.88 Å². The molecule has 2 aromatic rings. The average Bonchev–Trinajstić information content (AvgIpc) is 3.07. The molecule has 10 heteroatoms. The lowest BCUT2D eigenvalue weighted by molar-refractivity contribution is 0.0525. The van der Waals surface area contributed by atoms with Crippen LogP contribution in [0.15, 0.2) is 28.6 Å². The zero-order chi connectivity index (χ0) is 22.3. The zero-order valence-corrected chi connectivity index (χ0v) is 18.5. The van der Waals surface area contributed by atoms with Crippen molar-refractivity contribution in [3.05, 3.63) is 34.1 Å². The molecule has 1 aromatic heterocycles. The first-order valence-electron chi connectivity index (χ1n) is 9.30. The molecule has 0 radical (unpaired) electrons. The van der Waals surface area contributed by atoms with Gasteiger partial charge in [0.2, 0.25) is 0 Å². The van der Waals surface area contributed by atoms with Crippen LogP contribution in [0.4, 0.5) is 10.5 Å². The lowest BCUT2D eigenvalue weighted by Gasteiger charge is -2.19. The lowest BCUT2D eigenvalue weighted by Crippen LogP contribution is -2.33. The molecule has 2 N–H and O–H groups in total. The normalized spacial score (nSPS) is 11.8. The molecular formula is C20H27N3O6S. The second kappa shape index (κ2) is 10.1. The Labute approximate surface area is 178 Å². The number of carboxylic acids is 1. The van der Waals surface area contributed by atoms with E-state index in [9.17, 15) is 14.7 Å². The first-order valence-corrected chi connectivity index (χ1v) is 10.2. The quantitative estimate of drug-likeness (QED) is 0.612. The number of nitrogens with zero attached hydrogens (tertiary/aromatic N) is 2. The van der Waals surface area contributed by atoms with Gasteiger partial charge in [0.25, 0.3) is 0 Å². The molecule has 0 saturated carbocycles. The Morgan fingerprint density at radius 3 is 2.57 bits per heavy atom. The van der Waals surface area contributed by atoms with Crippen LogP contribution >= 0.6 is 11.3 Å². The molecular weight excluding hydrogens is 410 g/mol. The summed E-state index contributed by atoms with van der Waals surface area (Å²) < 4.78 is 17.3. The maximum Gasteiger partial charge on any atom is 0.407 e. The number of hydrogen-bond acceptors (Lipinski definition) is 7. The number of hydrogen-bond donors (Lipinski definition) is 2. The summed E-state index contributed by atoms with van der Waals surface area (Å²) >= 11 is 1.22. The Bertz CT molecular complexity index is 958. The first kappa shape index (κ1) is 23.3. The van der Waals surface area contributed by atoms with E-state index in [1.54, 1.807) is 56.0 Å². The minimum atomic E-state index is -1.05. The van der Waals surface area contributed by atoms with Gasteiger partial charge in [0.05, 0.1) is 14.2 Å². The van der Waals surface area contributed by atoms with Crippen LogP contribution < -0.4 is 19.6 Å². The smallest absolute Gasteiger partial charge is 0.407 e. The Morgan fingerprint density at radius 2 is 1.97 bits per heavy atom. The van der Waals surface area contributed by atoms with Gasteiger partial charge in [-0.3, -0.25) is 0 Å². The van der Waals surface area contributed by atoms with E-state index >= 15 is 0 Å². The Hall–Kier alpha value is -3.01. The van der Waals surface area contributed by atoms with Gasteiger partial charge in [-0.1, -0.05) is 0 Å². The zero-order valence-electron chi connectivity index (χ0n) is 17.7. The van der Waals surface area contributed by atoms with Crippen LogP contribution in [-0.2, 0) is 11.3 Å². The molecule has 30 heavy (non-hydrogen) atoms. The molecule has 2 rings (SSSR count). The van der Waals surface area contributed by atoms with Crippen LogP contribution in [0.2, 0.25) is 0 Å². The van der Waals surface area contributed by atoms with Gasteiger partial charge in [-0.15, -0.1) is 11.3 Å². The molecule has 164 valence electrons. The molecule has 0 atom stereocenters. The molecule has 0 fully saturated rings. The highest BCUT2D eigenvalue weighted by Crippen LogP contribution is 2.31. The van der Waals surface area contributed by atoms with E-state index in [1.807, 2.05) is 0 Å². The standard InChI is InChI=1S/C20H27N3O6S/c1-20(2,3)29-19(26)21-9-6-10-23-15(17(24)25)12-30-18(23)22-14-8-7-13(27-4)11-16(14)28-5/h7-8,11-12H,6,9-10H2,1-5H3,(H,21,26)(H,24,25)/b22-18-. The monoisotopic (exact) mass is 437 g/mol. The fourth-order valence-corrected chi connectivity index (χ4v) is 3.44. The largest absolute Gasteiger partial charge is 0.497 e. The summed E-state index contributed by atoms with van der Waals surface area (Å²) in [6.45, 7) is 6.05. The number of ether oxygens (including phenoxy) is 3. The molecule has 0 bridgehead atoms. The van der Waals surface area contributed by atoms with E-state index in [0.29, 0.717) is 41.5 Å². The van der Waals surface area contributed by atoms with Crippen molar-refractivity contribution in [3.63, 3.8) is 0 Å². The van der Waals surface area contributed by atoms with Crippen LogP contribution in [0.5, 0.6) is 11.5 Å². The fraction of sp³-hybridized carbons (Fsp3) is 0.450. The maximum atomic E-state index is 11.8. The summed E-state index contributed by atoms with van der Waals surface area (Å²) in [7, 11) is 3.09. The van der Waals surface area contributed by atoms with Crippen molar-refractivity contribution in [2.24, 2.45) is 4.99 Å². The minimum Gasteiger partial charge on any atom is -0.497 e. The Balaban J connectivity index is 2.20. The number of carbonyl (C=O) groups excluding carboxylic acids is 1. The summed E-state index contributed by atoms with van der Waals surface area (Å²) in [5.74, 6) is 0.0940. The lowest BCUT2D eigenvalue weighted by atomic mass is 10.2. The summed E-state index contributed by atoms with van der Waals surface area (Å²) in [5, 5.41) is 13.7. The number of aromatic nitrogens is 1. The second-order valence-electron chi connectivity index (χ2n) is 7.29. The number of carboxylic acid groups (broad SMARTS) is 1. The Kier molecular flexibility index (Phi) is 7.87. The van der Waals surface area contributed by atoms with Crippen molar-refractivity contribution in [3.8, 4) is 11.5 Å². The van der Waals surface area contributed by atoms with Gasteiger partial charge in [-0.25, -0.2) is 14.6 Å². The summed E-state index contributed by atoms with van der Waals surface area (Å²) in [5.41, 5.74) is 0.104. The minimum absolute atomic E-state index is 0.128. The van der Waals surface area contributed by atoms with Gasteiger partial charge >= 0.3 is 12.1 Å². The molecule has 1 amide bonds. The van der Waals surface area contributed by atoms with E-state index in [1.165, 1.54) is 18.4 Å². The van der Waals surface area contributed by atoms with Crippen molar-refractivity contribution < 1.29 is 28.9 Å². The van der Waals surface area contributed by atoms with Gasteiger partial charge in [-0.2, -0.15) is 0 Å². The molecule has 0 aliphatic heterocycles. The SMILES string of the molecule is COc1ccc(/N=c2\scc(C(=O)O)n2CCCNC(=O)OC(C)(C)C)c(OC)c1. The molecule has 1 aromatic carbocycles. The number of alkyl carbamates (subject to hydrolysis) is 1. The number of amides is 1. The number of carbonyl (C=O) groups is 2. The third kappa shape index (κ3) is 6.51. The third-order valence-electron chi connectivity index (χ3n) is 3.85. The van der Waals surface area contributed by atoms with Crippen molar-refractivity contribution in [2.75, 3.05) is 20.8 Å². The second-order valence-corrected chi connectivity index (χ2v) is 8.13. The molecule has 0 spiro atoms. The van der Waals surface area contributed by atoms with Gasteiger partial charge in [0, 0.05) is 24.5 Å². The number of nitrogens with one attached hydrogen (secondary N) is 1. The third-order valence-corrected chi connectivity index (χ3v) is 4.71. The summed E-state index contributed by atoms with van der Waals surface area (Å²) in [4.78, 5) is 28.4. The van der Waals surface area contributed by atoms with Crippen LogP contribution in [0.3, 0.4) is 0 Å². The van der Waals surface area contributed by atoms with Crippen molar-refractivity contribution in [1.29, 1.82) is 0 Å². The van der Waals surface area contributed by atoms with Gasteiger partial charge in [-0.05, 0) is 39.3 Å². The van der Waals surface area contributed by atoms with Crippen molar-refractivity contribution >= 4 is 29.1 Å². The molecule has 9 nitrogen and oxygen atoms in total. The number of aromatic carboxylic acids is 1. The van der Waals surface area contributed by atoms with Crippen molar-refractivity contribution in [2.45, 2.75) is 39.3 Å². The van der Waals surface area contributed by atoms with Crippen LogP contribution in [0.1, 0.15) is 37.7 Å². The number of thiazole rings is 1. The van der Waals surface area contributed by atoms with E-state index < -0.39 is 17.7 Å².